The van der Waals surface area contributed by atoms with E-state index in [1.165, 1.54) is 19.3 Å². The largest absolute Gasteiger partial charge is 0.390 e. The molecule has 0 radical (unpaired) electrons. The van der Waals surface area contributed by atoms with Gasteiger partial charge in [0.15, 0.2) is 5.78 Å². The third-order valence-corrected chi connectivity index (χ3v) is 16.0. The minimum Gasteiger partial charge on any atom is -0.390 e. The molecule has 4 aliphatic carbocycles. The lowest BCUT2D eigenvalue weighted by molar-refractivity contribution is -0.703. The lowest BCUT2D eigenvalue weighted by Gasteiger charge is -2.64. The number of aliphatic hydroxyl groups excluding tert-OH is 3. The van der Waals surface area contributed by atoms with Crippen LogP contribution in [0.1, 0.15) is 118 Å². The van der Waals surface area contributed by atoms with E-state index in [1.54, 1.807) is 13.0 Å². The summed E-state index contributed by atoms with van der Waals surface area (Å²) in [6.07, 6.45) is 10.0. The van der Waals surface area contributed by atoms with Gasteiger partial charge in [0, 0.05) is 29.6 Å². The minimum absolute atomic E-state index is 0.0465. The Hall–Kier alpha value is -0.950. The lowest BCUT2D eigenvalue weighted by atomic mass is 9.41. The maximum Gasteiger partial charge on any atom is 0.159 e. The summed E-state index contributed by atoms with van der Waals surface area (Å²) in [5, 5.41) is 64.4. The first-order valence-corrected chi connectivity index (χ1v) is 20.9. The van der Waals surface area contributed by atoms with E-state index in [1.807, 2.05) is 0 Å². The molecule has 11 N–H and O–H groups in total. The molecule has 2 heterocycles. The van der Waals surface area contributed by atoms with Crippen molar-refractivity contribution >= 4 is 5.78 Å². The molecule has 10 nitrogen and oxygen atoms in total. The third kappa shape index (κ3) is 6.83. The Labute approximate surface area is 306 Å². The molecule has 0 bridgehead atoms. The molecule has 51 heavy (non-hydrogen) atoms. The molecule has 2 aliphatic heterocycles. The van der Waals surface area contributed by atoms with E-state index in [0.717, 1.165) is 57.2 Å². The first-order valence-electron chi connectivity index (χ1n) is 20.9. The van der Waals surface area contributed by atoms with E-state index in [2.05, 4.69) is 38.5 Å². The minimum atomic E-state index is -1.52. The van der Waals surface area contributed by atoms with E-state index in [0.29, 0.717) is 44.1 Å². The van der Waals surface area contributed by atoms with Crippen LogP contribution in [0.25, 0.3) is 0 Å². The van der Waals surface area contributed by atoms with Crippen molar-refractivity contribution in [2.75, 3.05) is 26.7 Å². The zero-order valence-corrected chi connectivity index (χ0v) is 32.3. The molecule has 0 aromatic rings. The number of hydrogen-bond donors (Lipinski definition) is 8. The lowest BCUT2D eigenvalue weighted by Crippen LogP contribution is -2.95. The molecule has 0 aromatic carbocycles. The summed E-state index contributed by atoms with van der Waals surface area (Å²) in [5.74, 6) is -0.0195. The van der Waals surface area contributed by atoms with E-state index in [4.69, 9.17) is 10.5 Å². The maximum absolute atomic E-state index is 14.4. The van der Waals surface area contributed by atoms with Crippen molar-refractivity contribution < 1.29 is 45.7 Å². The molecule has 10 heteroatoms. The topological polar surface area (TPSA) is 187 Å². The number of carbonyl (C=O) groups is 1. The monoisotopic (exact) mass is 720 g/mol. The summed E-state index contributed by atoms with van der Waals surface area (Å²) in [4.78, 5) is 14.4. The van der Waals surface area contributed by atoms with Crippen LogP contribution in [0.5, 0.6) is 0 Å². The highest BCUT2D eigenvalue weighted by molar-refractivity contribution is 5.95. The zero-order chi connectivity index (χ0) is 36.9. The standard InChI is InChI=1S/C41H71N3O7/c1-6-7-8-9-10-26-23-51-36(24(26)2)37(48)39(4,49)33-14-16-41(50)29-18-30(45)28-17-31(46)32(47)20-40(28,15-13-25-11-12-34(42)44-21-25)35(29)27(22-43-5)19-38(33,41)3/h18,24-28,31-37,43-44,46-50H,6-17,19-23,42H2,1-5H3/p+2/t24-,25?,26-,27-,28+,31+,32-,33+,34?,35+,36+,37+,38+,39+,40-,41-/m0/s1. The van der Waals surface area contributed by atoms with Crippen LogP contribution in [0, 0.1) is 52.3 Å². The highest BCUT2D eigenvalue weighted by Crippen LogP contribution is 2.71. The normalized spacial score (nSPS) is 47.2. The van der Waals surface area contributed by atoms with E-state index in [9.17, 15) is 30.3 Å². The molecule has 3 saturated carbocycles. The molecule has 0 spiro atoms. The van der Waals surface area contributed by atoms with Gasteiger partial charge in [-0.05, 0) is 105 Å². The van der Waals surface area contributed by atoms with Crippen molar-refractivity contribution in [3.05, 3.63) is 11.6 Å². The van der Waals surface area contributed by atoms with Gasteiger partial charge in [-0.15, -0.1) is 0 Å². The van der Waals surface area contributed by atoms with Gasteiger partial charge >= 0.3 is 0 Å². The molecule has 5 fully saturated rings. The third-order valence-electron chi connectivity index (χ3n) is 16.0. The Morgan fingerprint density at radius 2 is 1.88 bits per heavy atom. The second kappa shape index (κ2) is 15.3. The first kappa shape index (κ1) is 39.7. The van der Waals surface area contributed by atoms with Crippen LogP contribution in [0.2, 0.25) is 0 Å². The van der Waals surface area contributed by atoms with Gasteiger partial charge in [-0.25, -0.2) is 0 Å². The molecule has 16 atom stereocenters. The molecule has 0 aromatic heterocycles. The average Bonchev–Trinajstić information content (AvgIpc) is 3.59. The van der Waals surface area contributed by atoms with Gasteiger partial charge in [0.1, 0.15) is 12.3 Å². The van der Waals surface area contributed by atoms with Gasteiger partial charge < -0.3 is 40.9 Å². The summed E-state index contributed by atoms with van der Waals surface area (Å²) in [6.45, 7) is 10.5. The van der Waals surface area contributed by atoms with Crippen molar-refractivity contribution in [3.63, 3.8) is 0 Å². The average molecular weight is 720 g/mol. The Bertz CT molecular complexity index is 1260. The van der Waals surface area contributed by atoms with Crippen molar-refractivity contribution in [2.24, 2.45) is 58.0 Å². The van der Waals surface area contributed by atoms with Crippen molar-refractivity contribution in [2.45, 2.75) is 159 Å². The SMILES string of the molecule is CCCCCC[C@H]1CO[C@@H]([C@@H](O)[C@](C)(O)[C@@H]2CC[C@]3(O)C4=CC(=O)[C@H]5C[C@@H](O)[C@@H](O)C[C@]5(CCC5CCC(N)[NH2+]C5)[C@@H]4[C@H](C[NH2+]C)C[C@]23C)[C@H]1C. The van der Waals surface area contributed by atoms with Crippen LogP contribution in [0.4, 0.5) is 0 Å². The van der Waals surface area contributed by atoms with Gasteiger partial charge in [0.25, 0.3) is 0 Å². The number of aliphatic hydroxyl groups is 5. The van der Waals surface area contributed by atoms with Gasteiger partial charge in [-0.1, -0.05) is 46.5 Å². The Morgan fingerprint density at radius 1 is 1.12 bits per heavy atom. The predicted octanol–water partition coefficient (Wildman–Crippen LogP) is 1.36. The van der Waals surface area contributed by atoms with E-state index in [-0.39, 0.29) is 36.1 Å². The molecular formula is C41H73N3O7+2. The second-order valence-electron chi connectivity index (χ2n) is 18.9. The van der Waals surface area contributed by atoms with Crippen LogP contribution < -0.4 is 16.4 Å². The van der Waals surface area contributed by atoms with Crippen LogP contribution >= 0.6 is 0 Å². The number of nitrogens with two attached hydrogens (primary N) is 3. The maximum atomic E-state index is 14.4. The summed E-state index contributed by atoms with van der Waals surface area (Å²) in [7, 11) is 2.06. The number of hydrogen-bond acceptors (Lipinski definition) is 8. The van der Waals surface area contributed by atoms with Crippen molar-refractivity contribution in [1.82, 2.24) is 0 Å². The highest BCUT2D eigenvalue weighted by Gasteiger charge is 2.72. The van der Waals surface area contributed by atoms with Crippen molar-refractivity contribution in [3.8, 4) is 0 Å². The number of unbranched alkanes of at least 4 members (excludes halogenated alkanes) is 3. The summed E-state index contributed by atoms with van der Waals surface area (Å²) >= 11 is 0. The number of fused-ring (bicyclic) bond motifs is 5. The first-order chi connectivity index (χ1) is 24.1. The van der Waals surface area contributed by atoms with Gasteiger partial charge in [-0.3, -0.25) is 10.5 Å². The number of rotatable bonds is 13. The van der Waals surface area contributed by atoms with Gasteiger partial charge in [0.2, 0.25) is 0 Å². The fraction of sp³-hybridized carbons (Fsp3) is 0.927. The van der Waals surface area contributed by atoms with Crippen LogP contribution in [-0.4, -0.2) is 99.8 Å². The summed E-state index contributed by atoms with van der Waals surface area (Å²) in [5.41, 5.74) is 2.73. The Kier molecular flexibility index (Phi) is 11.9. The molecule has 6 aliphatic rings. The second-order valence-corrected chi connectivity index (χ2v) is 18.9. The van der Waals surface area contributed by atoms with Crippen LogP contribution in [0.3, 0.4) is 0 Å². The molecule has 292 valence electrons. The quantitative estimate of drug-likeness (QED) is 0.131. The fourth-order valence-corrected chi connectivity index (χ4v) is 13.1. The smallest absolute Gasteiger partial charge is 0.159 e. The van der Waals surface area contributed by atoms with Crippen LogP contribution in [-0.2, 0) is 9.53 Å². The Morgan fingerprint density at radius 3 is 2.57 bits per heavy atom. The molecule has 6 rings (SSSR count). The predicted molar refractivity (Wildman–Crippen MR) is 195 cm³/mol. The number of ketones is 1. The number of piperidine rings is 1. The number of ether oxygens (including phenoxy) is 1. The molecular weight excluding hydrogens is 646 g/mol. The molecule has 2 unspecified atom stereocenters. The number of allylic oxidation sites excluding steroid dienone is 1. The van der Waals surface area contributed by atoms with E-state index < -0.39 is 58.3 Å². The summed E-state index contributed by atoms with van der Waals surface area (Å²) < 4.78 is 6.28. The summed E-state index contributed by atoms with van der Waals surface area (Å²) in [6, 6.07) is 0. The van der Waals surface area contributed by atoms with Gasteiger partial charge in [-0.2, -0.15) is 0 Å². The van der Waals surface area contributed by atoms with Gasteiger partial charge in [0.05, 0.1) is 56.3 Å². The number of carbonyl (C=O) groups excluding carboxylic acids is 1. The zero-order valence-electron chi connectivity index (χ0n) is 32.3. The Balaban J connectivity index is 1.31. The van der Waals surface area contributed by atoms with Crippen LogP contribution in [0.15, 0.2) is 11.6 Å². The molecule has 2 saturated heterocycles. The fourth-order valence-electron chi connectivity index (χ4n) is 13.1. The van der Waals surface area contributed by atoms with E-state index >= 15 is 0 Å². The van der Waals surface area contributed by atoms with Crippen molar-refractivity contribution in [1.29, 1.82) is 0 Å². The number of quaternary nitrogens is 2. The molecule has 0 amide bonds. The highest BCUT2D eigenvalue weighted by atomic mass is 16.5.